The van der Waals surface area contributed by atoms with Crippen LogP contribution in [0.25, 0.3) is 22.6 Å². The van der Waals surface area contributed by atoms with Crippen LogP contribution >= 0.6 is 11.8 Å². The molecule has 0 radical (unpaired) electrons. The lowest BCUT2D eigenvalue weighted by molar-refractivity contribution is -0.137. The van der Waals surface area contributed by atoms with Crippen LogP contribution in [0.2, 0.25) is 0 Å². The van der Waals surface area contributed by atoms with E-state index in [1.54, 1.807) is 29.8 Å². The minimum absolute atomic E-state index is 0.137. The van der Waals surface area contributed by atoms with Crippen molar-refractivity contribution in [2.24, 2.45) is 7.05 Å². The van der Waals surface area contributed by atoms with Crippen molar-refractivity contribution in [2.75, 3.05) is 5.75 Å². The third kappa shape index (κ3) is 3.25. The number of halogens is 5. The Bertz CT molecular complexity index is 1060. The van der Waals surface area contributed by atoms with Crippen LogP contribution in [0.4, 0.5) is 22.0 Å². The summed E-state index contributed by atoms with van der Waals surface area (Å²) >= 11 is 1.48. The van der Waals surface area contributed by atoms with Crippen LogP contribution in [0.1, 0.15) is 30.4 Å². The van der Waals surface area contributed by atoms with Gasteiger partial charge in [-0.15, -0.1) is 11.8 Å². The number of thioether (sulfide) groups is 1. The lowest BCUT2D eigenvalue weighted by Crippen LogP contribution is -2.05. The fraction of sp³-hybridized carbons (Fsp3) is 0.368. The molecule has 1 aromatic carbocycles. The fourth-order valence-electron chi connectivity index (χ4n) is 3.26. The average molecular weight is 413 g/mol. The molecule has 0 amide bonds. The summed E-state index contributed by atoms with van der Waals surface area (Å²) in [6, 6.07) is 6.07. The summed E-state index contributed by atoms with van der Waals surface area (Å²) < 4.78 is 67.4. The molecule has 3 aromatic rings. The van der Waals surface area contributed by atoms with E-state index < -0.39 is 23.6 Å². The highest BCUT2D eigenvalue weighted by Gasteiger charge is 2.57. The molecule has 1 aliphatic carbocycles. The minimum atomic E-state index is -4.50. The first kappa shape index (κ1) is 19.2. The van der Waals surface area contributed by atoms with Gasteiger partial charge in [-0.2, -0.15) is 13.2 Å². The second-order valence-electron chi connectivity index (χ2n) is 6.77. The maximum Gasteiger partial charge on any atom is 0.417 e. The summed E-state index contributed by atoms with van der Waals surface area (Å²) in [5.41, 5.74) is 0.861. The van der Waals surface area contributed by atoms with Gasteiger partial charge in [0.25, 0.3) is 5.92 Å². The summed E-state index contributed by atoms with van der Waals surface area (Å²) in [6.07, 6.45) is -3.87. The Morgan fingerprint density at radius 1 is 1.25 bits per heavy atom. The highest BCUT2D eigenvalue weighted by atomic mass is 32.2. The van der Waals surface area contributed by atoms with Crippen molar-refractivity contribution in [3.8, 4) is 11.4 Å². The molecule has 9 heteroatoms. The molecule has 2 aromatic heterocycles. The van der Waals surface area contributed by atoms with Gasteiger partial charge < -0.3 is 4.57 Å². The predicted octanol–water partition coefficient (Wildman–Crippen LogP) is 5.89. The number of aryl methyl sites for hydroxylation is 1. The zero-order valence-corrected chi connectivity index (χ0v) is 15.8. The Kier molecular flexibility index (Phi) is 4.41. The zero-order valence-electron chi connectivity index (χ0n) is 15.0. The molecule has 0 saturated heterocycles. The van der Waals surface area contributed by atoms with Crippen molar-refractivity contribution < 1.29 is 22.0 Å². The van der Waals surface area contributed by atoms with E-state index in [1.807, 2.05) is 6.92 Å². The average Bonchev–Trinajstić information content (AvgIpc) is 3.14. The summed E-state index contributed by atoms with van der Waals surface area (Å²) in [7, 11) is 1.67. The minimum Gasteiger partial charge on any atom is -0.312 e. The summed E-state index contributed by atoms with van der Waals surface area (Å²) in [4.78, 5) is 9.05. The van der Waals surface area contributed by atoms with E-state index in [4.69, 9.17) is 0 Å². The van der Waals surface area contributed by atoms with Crippen LogP contribution in [0, 0.1) is 0 Å². The Hall–Kier alpha value is -2.16. The standard InChI is InChI=1S/C19H16F5N3S/c1-3-28-15-6-10(13-8-18(13,20)21)4-5-12(15)16-26-14-7-11(19(22,23)24)9-25-17(14)27(16)2/h4-7,9,13H,3,8H2,1-2H3. The van der Waals surface area contributed by atoms with Gasteiger partial charge in [-0.3, -0.25) is 0 Å². The van der Waals surface area contributed by atoms with E-state index in [0.29, 0.717) is 22.6 Å². The molecule has 4 rings (SSSR count). The van der Waals surface area contributed by atoms with Gasteiger partial charge >= 0.3 is 6.18 Å². The van der Waals surface area contributed by atoms with E-state index in [9.17, 15) is 22.0 Å². The number of fused-ring (bicyclic) bond motifs is 1. The quantitative estimate of drug-likeness (QED) is 0.395. The molecule has 2 heterocycles. The number of rotatable bonds is 4. The van der Waals surface area contributed by atoms with Crippen molar-refractivity contribution >= 4 is 22.9 Å². The number of hydrogen-bond acceptors (Lipinski definition) is 3. The van der Waals surface area contributed by atoms with Crippen molar-refractivity contribution in [3.05, 3.63) is 41.6 Å². The second-order valence-corrected chi connectivity index (χ2v) is 8.07. The van der Waals surface area contributed by atoms with Gasteiger partial charge in [0.1, 0.15) is 11.3 Å². The van der Waals surface area contributed by atoms with Crippen LogP contribution in [0.15, 0.2) is 35.4 Å². The molecule has 0 N–H and O–H groups in total. The number of benzene rings is 1. The highest BCUT2D eigenvalue weighted by Crippen LogP contribution is 2.56. The van der Waals surface area contributed by atoms with Crippen LogP contribution in [-0.4, -0.2) is 26.2 Å². The monoisotopic (exact) mass is 413 g/mol. The Labute approximate surface area is 162 Å². The van der Waals surface area contributed by atoms with Gasteiger partial charge in [-0.25, -0.2) is 18.7 Å². The summed E-state index contributed by atoms with van der Waals surface area (Å²) in [5, 5.41) is 0. The molecule has 1 aliphatic rings. The van der Waals surface area contributed by atoms with E-state index in [-0.39, 0.29) is 11.9 Å². The number of pyridine rings is 1. The Balaban J connectivity index is 1.81. The number of alkyl halides is 5. The SMILES string of the molecule is CCSc1cc(C2CC2(F)F)ccc1-c1nc2cc(C(F)(F)F)cnc2n1C. The van der Waals surface area contributed by atoms with Crippen molar-refractivity contribution in [1.82, 2.24) is 14.5 Å². The van der Waals surface area contributed by atoms with E-state index >= 15 is 0 Å². The molecule has 148 valence electrons. The summed E-state index contributed by atoms with van der Waals surface area (Å²) in [6.45, 7) is 1.94. The van der Waals surface area contributed by atoms with Crippen molar-refractivity contribution in [2.45, 2.75) is 36.3 Å². The summed E-state index contributed by atoms with van der Waals surface area (Å²) in [5.74, 6) is -2.26. The van der Waals surface area contributed by atoms with E-state index in [2.05, 4.69) is 9.97 Å². The molecule has 1 unspecified atom stereocenters. The van der Waals surface area contributed by atoms with Crippen LogP contribution in [-0.2, 0) is 13.2 Å². The smallest absolute Gasteiger partial charge is 0.312 e. The largest absolute Gasteiger partial charge is 0.417 e. The molecule has 0 aliphatic heterocycles. The lowest BCUT2D eigenvalue weighted by atomic mass is 10.1. The van der Waals surface area contributed by atoms with Crippen molar-refractivity contribution in [1.29, 1.82) is 0 Å². The van der Waals surface area contributed by atoms with Crippen molar-refractivity contribution in [3.63, 3.8) is 0 Å². The number of hydrogen-bond donors (Lipinski definition) is 0. The molecular formula is C19H16F5N3S. The highest BCUT2D eigenvalue weighted by molar-refractivity contribution is 7.99. The van der Waals surface area contributed by atoms with Gasteiger partial charge in [0.15, 0.2) is 5.65 Å². The molecule has 1 atom stereocenters. The molecule has 0 bridgehead atoms. The Morgan fingerprint density at radius 2 is 1.96 bits per heavy atom. The molecule has 1 fully saturated rings. The van der Waals surface area contributed by atoms with Crippen LogP contribution < -0.4 is 0 Å². The van der Waals surface area contributed by atoms with Gasteiger partial charge in [0.2, 0.25) is 0 Å². The second kappa shape index (κ2) is 6.43. The number of nitrogens with zero attached hydrogens (tertiary/aromatic N) is 3. The van der Waals surface area contributed by atoms with Gasteiger partial charge in [-0.1, -0.05) is 13.0 Å². The molecule has 28 heavy (non-hydrogen) atoms. The maximum atomic E-state index is 13.4. The molecule has 3 nitrogen and oxygen atoms in total. The first-order chi connectivity index (χ1) is 13.1. The first-order valence-corrected chi connectivity index (χ1v) is 9.65. The number of aromatic nitrogens is 3. The first-order valence-electron chi connectivity index (χ1n) is 8.66. The Morgan fingerprint density at radius 3 is 2.57 bits per heavy atom. The third-order valence-electron chi connectivity index (χ3n) is 4.81. The van der Waals surface area contributed by atoms with E-state index in [1.165, 1.54) is 11.8 Å². The molecular weight excluding hydrogens is 397 g/mol. The molecule has 0 spiro atoms. The van der Waals surface area contributed by atoms with Crippen LogP contribution in [0.5, 0.6) is 0 Å². The fourth-order valence-corrected chi connectivity index (χ4v) is 4.11. The van der Waals surface area contributed by atoms with Gasteiger partial charge in [0.05, 0.1) is 11.5 Å². The maximum absolute atomic E-state index is 13.4. The van der Waals surface area contributed by atoms with E-state index in [0.717, 1.165) is 22.9 Å². The molecule has 1 saturated carbocycles. The zero-order chi connectivity index (χ0) is 20.3. The lowest BCUT2D eigenvalue weighted by Gasteiger charge is -2.11. The van der Waals surface area contributed by atoms with Gasteiger partial charge in [-0.05, 0) is 29.5 Å². The topological polar surface area (TPSA) is 30.7 Å². The van der Waals surface area contributed by atoms with Crippen LogP contribution in [0.3, 0.4) is 0 Å². The predicted molar refractivity (Wildman–Crippen MR) is 97.7 cm³/mol. The van der Waals surface area contributed by atoms with Gasteiger partial charge in [0, 0.05) is 30.1 Å². The normalized spacial score (nSPS) is 18.6. The third-order valence-corrected chi connectivity index (χ3v) is 5.75. The number of imidazole rings is 1.